The number of carbonyl (C=O) groups is 2. The van der Waals surface area contributed by atoms with E-state index in [1.807, 2.05) is 6.07 Å². The highest BCUT2D eigenvalue weighted by molar-refractivity contribution is 5.94. The summed E-state index contributed by atoms with van der Waals surface area (Å²) in [5, 5.41) is 0. The number of rotatable bonds is 7. The molecule has 4 nitrogen and oxygen atoms in total. The molecule has 0 radical (unpaired) electrons. The van der Waals surface area contributed by atoms with Crippen LogP contribution in [0.1, 0.15) is 137 Å². The van der Waals surface area contributed by atoms with E-state index in [4.69, 9.17) is 9.47 Å². The Bertz CT molecular complexity index is 1330. The van der Waals surface area contributed by atoms with Crippen LogP contribution in [0, 0.1) is 6.92 Å². The minimum Gasteiger partial charge on any atom is -0.465 e. The maximum absolute atomic E-state index is 13.1. The standard InChI is InChI=1S/C36H42O4/c1-24-14-15-30(22-32(24)26-10-6-4-7-11-26)25(2)31-20-21-34(33(23-31)27-12-8-5-9-13-27)40-36(38)29-18-16-28(17-19-29)35(37)39-3/h14-23,25-27H,4-13H2,1-3H3. The molecule has 0 spiro atoms. The summed E-state index contributed by atoms with van der Waals surface area (Å²) in [5.74, 6) is 1.13. The molecule has 4 heteroatoms. The zero-order valence-electron chi connectivity index (χ0n) is 24.2. The first kappa shape index (κ1) is 28.1. The fourth-order valence-electron chi connectivity index (χ4n) is 6.66. The Labute approximate surface area is 239 Å². The Morgan fingerprint density at radius 1 is 0.675 bits per heavy atom. The van der Waals surface area contributed by atoms with Crippen LogP contribution in [0.4, 0.5) is 0 Å². The van der Waals surface area contributed by atoms with Gasteiger partial charge in [0.05, 0.1) is 18.2 Å². The van der Waals surface area contributed by atoms with Gasteiger partial charge in [0.15, 0.2) is 0 Å². The van der Waals surface area contributed by atoms with Gasteiger partial charge in [-0.25, -0.2) is 9.59 Å². The van der Waals surface area contributed by atoms with Gasteiger partial charge >= 0.3 is 11.9 Å². The van der Waals surface area contributed by atoms with Crippen LogP contribution in [-0.4, -0.2) is 19.0 Å². The first-order valence-electron chi connectivity index (χ1n) is 15.1. The molecule has 0 heterocycles. The Morgan fingerprint density at radius 2 is 1.18 bits per heavy atom. The zero-order valence-corrected chi connectivity index (χ0v) is 24.2. The summed E-state index contributed by atoms with van der Waals surface area (Å²) in [6, 6.07) is 19.9. The van der Waals surface area contributed by atoms with Crippen molar-refractivity contribution < 1.29 is 19.1 Å². The Kier molecular flexibility index (Phi) is 9.04. The molecule has 0 amide bonds. The molecule has 0 aliphatic heterocycles. The van der Waals surface area contributed by atoms with Gasteiger partial charge in [-0.05, 0) is 103 Å². The number of esters is 2. The van der Waals surface area contributed by atoms with Gasteiger partial charge in [-0.15, -0.1) is 0 Å². The second-order valence-corrected chi connectivity index (χ2v) is 11.8. The molecule has 2 aliphatic rings. The molecule has 0 aromatic heterocycles. The first-order valence-corrected chi connectivity index (χ1v) is 15.1. The average Bonchev–Trinajstić information content (AvgIpc) is 3.01. The van der Waals surface area contributed by atoms with Crippen molar-refractivity contribution in [3.63, 3.8) is 0 Å². The van der Waals surface area contributed by atoms with Crippen LogP contribution in [-0.2, 0) is 4.74 Å². The van der Waals surface area contributed by atoms with Crippen molar-refractivity contribution in [3.8, 4) is 5.75 Å². The van der Waals surface area contributed by atoms with Gasteiger partial charge in [0.25, 0.3) is 0 Å². The summed E-state index contributed by atoms with van der Waals surface area (Å²) in [4.78, 5) is 24.9. The van der Waals surface area contributed by atoms with Crippen molar-refractivity contribution in [2.24, 2.45) is 0 Å². The zero-order chi connectivity index (χ0) is 28.1. The third-order valence-corrected chi connectivity index (χ3v) is 9.17. The highest BCUT2D eigenvalue weighted by atomic mass is 16.5. The van der Waals surface area contributed by atoms with Crippen LogP contribution in [0.3, 0.4) is 0 Å². The van der Waals surface area contributed by atoms with Gasteiger partial charge < -0.3 is 9.47 Å². The third kappa shape index (κ3) is 6.32. The molecule has 2 saturated carbocycles. The van der Waals surface area contributed by atoms with Crippen LogP contribution in [0.25, 0.3) is 0 Å². The van der Waals surface area contributed by atoms with E-state index in [0.29, 0.717) is 28.7 Å². The Balaban J connectivity index is 1.41. The van der Waals surface area contributed by atoms with E-state index >= 15 is 0 Å². The molecule has 210 valence electrons. The second kappa shape index (κ2) is 12.8. The molecule has 0 bridgehead atoms. The lowest BCUT2D eigenvalue weighted by atomic mass is 9.79. The summed E-state index contributed by atoms with van der Waals surface area (Å²) >= 11 is 0. The number of carbonyl (C=O) groups excluding carboxylic acids is 2. The highest BCUT2D eigenvalue weighted by Gasteiger charge is 2.24. The van der Waals surface area contributed by atoms with Gasteiger partial charge in [-0.3, -0.25) is 0 Å². The molecule has 0 N–H and O–H groups in total. The molecular weight excluding hydrogens is 496 g/mol. The molecule has 5 rings (SSSR count). The Hall–Kier alpha value is -3.40. The lowest BCUT2D eigenvalue weighted by Crippen LogP contribution is -2.13. The first-order chi connectivity index (χ1) is 19.4. The van der Waals surface area contributed by atoms with E-state index in [1.54, 1.807) is 24.3 Å². The van der Waals surface area contributed by atoms with Crippen LogP contribution in [0.5, 0.6) is 5.75 Å². The van der Waals surface area contributed by atoms with E-state index in [9.17, 15) is 9.59 Å². The van der Waals surface area contributed by atoms with E-state index in [1.165, 1.54) is 80.7 Å². The molecule has 3 aromatic rings. The summed E-state index contributed by atoms with van der Waals surface area (Å²) in [7, 11) is 1.34. The monoisotopic (exact) mass is 538 g/mol. The van der Waals surface area contributed by atoms with Crippen LogP contribution in [0.2, 0.25) is 0 Å². The Morgan fingerprint density at radius 3 is 1.75 bits per heavy atom. The van der Waals surface area contributed by atoms with Gasteiger partial charge in [0.1, 0.15) is 5.75 Å². The van der Waals surface area contributed by atoms with Crippen molar-refractivity contribution in [2.75, 3.05) is 7.11 Å². The van der Waals surface area contributed by atoms with Gasteiger partial charge in [-0.1, -0.05) is 75.8 Å². The summed E-state index contributed by atoms with van der Waals surface area (Å²) in [5.41, 5.74) is 7.52. The van der Waals surface area contributed by atoms with E-state index in [0.717, 1.165) is 18.4 Å². The lowest BCUT2D eigenvalue weighted by Gasteiger charge is -2.27. The van der Waals surface area contributed by atoms with Crippen LogP contribution >= 0.6 is 0 Å². The maximum Gasteiger partial charge on any atom is 0.343 e. The van der Waals surface area contributed by atoms with Gasteiger partial charge in [0, 0.05) is 5.92 Å². The van der Waals surface area contributed by atoms with Gasteiger partial charge in [0.2, 0.25) is 0 Å². The smallest absolute Gasteiger partial charge is 0.343 e. The molecule has 3 aromatic carbocycles. The third-order valence-electron chi connectivity index (χ3n) is 9.17. The van der Waals surface area contributed by atoms with E-state index in [-0.39, 0.29) is 5.92 Å². The molecule has 40 heavy (non-hydrogen) atoms. The topological polar surface area (TPSA) is 52.6 Å². The number of ether oxygens (including phenoxy) is 2. The number of hydrogen-bond donors (Lipinski definition) is 0. The van der Waals surface area contributed by atoms with Crippen molar-refractivity contribution in [1.29, 1.82) is 0 Å². The minimum atomic E-state index is -0.427. The maximum atomic E-state index is 13.1. The van der Waals surface area contributed by atoms with Crippen molar-refractivity contribution in [1.82, 2.24) is 0 Å². The number of aryl methyl sites for hydroxylation is 1. The van der Waals surface area contributed by atoms with Crippen molar-refractivity contribution in [3.05, 3.63) is 99.6 Å². The van der Waals surface area contributed by atoms with Crippen LogP contribution < -0.4 is 4.74 Å². The normalized spacial score (nSPS) is 17.3. The number of hydrogen-bond acceptors (Lipinski definition) is 4. The average molecular weight is 539 g/mol. The molecule has 0 saturated heterocycles. The predicted molar refractivity (Wildman–Crippen MR) is 160 cm³/mol. The van der Waals surface area contributed by atoms with E-state index < -0.39 is 11.9 Å². The molecule has 2 aliphatic carbocycles. The number of methoxy groups -OCH3 is 1. The second-order valence-electron chi connectivity index (χ2n) is 11.8. The van der Waals surface area contributed by atoms with Crippen molar-refractivity contribution >= 4 is 11.9 Å². The summed E-state index contributed by atoms with van der Waals surface area (Å²) in [6.45, 7) is 4.55. The largest absolute Gasteiger partial charge is 0.465 e. The highest BCUT2D eigenvalue weighted by Crippen LogP contribution is 2.41. The quantitative estimate of drug-likeness (QED) is 0.222. The fraction of sp³-hybridized carbons (Fsp3) is 0.444. The molecule has 1 atom stereocenters. The van der Waals surface area contributed by atoms with Crippen molar-refractivity contribution in [2.45, 2.75) is 95.8 Å². The summed E-state index contributed by atoms with van der Waals surface area (Å²) < 4.78 is 10.8. The molecule has 2 fully saturated rings. The SMILES string of the molecule is COC(=O)c1ccc(C(=O)Oc2ccc(C(C)c3ccc(C)c(C4CCCCC4)c3)cc2C2CCCCC2)cc1. The summed E-state index contributed by atoms with van der Waals surface area (Å²) in [6.07, 6.45) is 12.6. The lowest BCUT2D eigenvalue weighted by molar-refractivity contribution is 0.0599. The van der Waals surface area contributed by atoms with E-state index in [2.05, 4.69) is 44.2 Å². The predicted octanol–water partition coefficient (Wildman–Crippen LogP) is 9.25. The molecule has 1 unspecified atom stereocenters. The minimum absolute atomic E-state index is 0.251. The fourth-order valence-corrected chi connectivity index (χ4v) is 6.66. The number of benzene rings is 3. The van der Waals surface area contributed by atoms with Crippen LogP contribution in [0.15, 0.2) is 60.7 Å². The molecular formula is C36H42O4. The van der Waals surface area contributed by atoms with Gasteiger partial charge in [-0.2, -0.15) is 0 Å².